The molecule has 0 radical (unpaired) electrons. The van der Waals surface area contributed by atoms with E-state index in [1.807, 2.05) is 0 Å². The maximum atomic E-state index is 12.2. The number of rotatable bonds is 7. The van der Waals surface area contributed by atoms with E-state index in [-0.39, 0.29) is 11.3 Å². The predicted molar refractivity (Wildman–Crippen MR) is 61.2 cm³/mol. The lowest BCUT2D eigenvalue weighted by atomic mass is 10.2. The van der Waals surface area contributed by atoms with Crippen molar-refractivity contribution in [1.82, 2.24) is 4.90 Å². The molecule has 0 bridgehead atoms. The molecular formula is C9H15F3N2O3S. The highest BCUT2D eigenvalue weighted by atomic mass is 32.2. The Kier molecular flexibility index (Phi) is 7.07. The minimum Gasteiger partial charge on any atom is -0.480 e. The van der Waals surface area contributed by atoms with Crippen LogP contribution in [0.3, 0.4) is 0 Å². The summed E-state index contributed by atoms with van der Waals surface area (Å²) in [6.07, 6.45) is -2.68. The molecule has 18 heavy (non-hydrogen) atoms. The predicted octanol–water partition coefficient (Wildman–Crippen LogP) is 0.542. The summed E-state index contributed by atoms with van der Waals surface area (Å²) in [6, 6.07) is -1.11. The highest BCUT2D eigenvalue weighted by Crippen LogP contribution is 2.17. The molecule has 1 amide bonds. The molecule has 0 unspecified atom stereocenters. The van der Waals surface area contributed by atoms with Gasteiger partial charge >= 0.3 is 12.1 Å². The van der Waals surface area contributed by atoms with Gasteiger partial charge in [0.15, 0.2) is 0 Å². The molecule has 0 saturated carbocycles. The van der Waals surface area contributed by atoms with Crippen molar-refractivity contribution >= 4 is 23.6 Å². The third-order valence-corrected chi connectivity index (χ3v) is 2.60. The third kappa shape index (κ3) is 7.38. The Labute approximate surface area is 106 Å². The van der Waals surface area contributed by atoms with Crippen LogP contribution in [0.1, 0.15) is 6.42 Å². The smallest absolute Gasteiger partial charge is 0.406 e. The fraction of sp³-hybridized carbons (Fsp3) is 0.778. The van der Waals surface area contributed by atoms with Crippen molar-refractivity contribution in [3.05, 3.63) is 0 Å². The van der Waals surface area contributed by atoms with Crippen molar-refractivity contribution in [3.63, 3.8) is 0 Å². The van der Waals surface area contributed by atoms with Crippen LogP contribution in [0.25, 0.3) is 0 Å². The van der Waals surface area contributed by atoms with Gasteiger partial charge in [0, 0.05) is 0 Å². The number of alkyl halides is 3. The molecule has 0 fully saturated rings. The number of hydrogen-bond donors (Lipinski definition) is 2. The zero-order valence-corrected chi connectivity index (χ0v) is 10.6. The zero-order valence-electron chi connectivity index (χ0n) is 9.74. The van der Waals surface area contributed by atoms with E-state index in [0.717, 1.165) is 0 Å². The number of halogens is 3. The minimum absolute atomic E-state index is 0.202. The van der Waals surface area contributed by atoms with Gasteiger partial charge in [0.1, 0.15) is 13.1 Å². The van der Waals surface area contributed by atoms with Crippen LogP contribution in [0.5, 0.6) is 0 Å². The van der Waals surface area contributed by atoms with E-state index in [9.17, 15) is 22.8 Å². The number of carboxylic acid groups (broad SMARTS) is 1. The van der Waals surface area contributed by atoms with Gasteiger partial charge in [-0.1, -0.05) is 0 Å². The molecule has 1 atom stereocenters. The van der Waals surface area contributed by atoms with Crippen molar-refractivity contribution in [2.45, 2.75) is 18.6 Å². The Bertz CT molecular complexity index is 299. The fourth-order valence-corrected chi connectivity index (χ4v) is 1.68. The van der Waals surface area contributed by atoms with Crippen LogP contribution in [0, 0.1) is 0 Å². The normalized spacial score (nSPS) is 13.2. The van der Waals surface area contributed by atoms with Gasteiger partial charge in [0.2, 0.25) is 5.91 Å². The third-order valence-electron chi connectivity index (χ3n) is 1.96. The molecular weight excluding hydrogens is 273 g/mol. The molecule has 0 aromatic carbocycles. The van der Waals surface area contributed by atoms with Gasteiger partial charge in [-0.25, -0.2) is 0 Å². The van der Waals surface area contributed by atoms with Gasteiger partial charge in [-0.05, 0) is 18.4 Å². The van der Waals surface area contributed by atoms with Crippen molar-refractivity contribution < 1.29 is 27.9 Å². The highest BCUT2D eigenvalue weighted by Gasteiger charge is 2.35. The van der Waals surface area contributed by atoms with Crippen LogP contribution in [0.15, 0.2) is 0 Å². The van der Waals surface area contributed by atoms with E-state index in [1.165, 1.54) is 11.8 Å². The van der Waals surface area contributed by atoms with E-state index < -0.39 is 37.2 Å². The molecule has 0 aliphatic heterocycles. The SMILES string of the molecule is CSCC[C@@H](N)C(=O)N(CC(=O)O)CC(F)(F)F. The molecule has 0 spiro atoms. The molecule has 0 rings (SSSR count). The summed E-state index contributed by atoms with van der Waals surface area (Å²) in [5.41, 5.74) is 5.43. The molecule has 0 aliphatic rings. The highest BCUT2D eigenvalue weighted by molar-refractivity contribution is 7.98. The lowest BCUT2D eigenvalue weighted by molar-refractivity contribution is -0.166. The zero-order chi connectivity index (χ0) is 14.3. The van der Waals surface area contributed by atoms with Gasteiger partial charge < -0.3 is 15.7 Å². The second-order valence-electron chi connectivity index (χ2n) is 3.59. The summed E-state index contributed by atoms with van der Waals surface area (Å²) in [6.45, 7) is -2.61. The molecule has 9 heteroatoms. The first-order valence-electron chi connectivity index (χ1n) is 4.99. The van der Waals surface area contributed by atoms with Gasteiger partial charge in [-0.15, -0.1) is 0 Å². The fourth-order valence-electron chi connectivity index (χ4n) is 1.19. The average Bonchev–Trinajstić information content (AvgIpc) is 2.21. The number of nitrogens with zero attached hydrogens (tertiary/aromatic N) is 1. The Morgan fingerprint density at radius 2 is 2.00 bits per heavy atom. The van der Waals surface area contributed by atoms with Crippen LogP contribution in [0.4, 0.5) is 13.2 Å². The van der Waals surface area contributed by atoms with Crippen molar-refractivity contribution in [2.24, 2.45) is 5.73 Å². The number of thioether (sulfide) groups is 1. The first-order valence-corrected chi connectivity index (χ1v) is 6.38. The summed E-state index contributed by atoms with van der Waals surface area (Å²) in [7, 11) is 0. The van der Waals surface area contributed by atoms with E-state index in [1.54, 1.807) is 6.26 Å². The number of amides is 1. The lowest BCUT2D eigenvalue weighted by Gasteiger charge is -2.25. The molecule has 106 valence electrons. The van der Waals surface area contributed by atoms with Crippen LogP contribution < -0.4 is 5.73 Å². The summed E-state index contributed by atoms with van der Waals surface area (Å²) in [4.78, 5) is 22.2. The van der Waals surface area contributed by atoms with Crippen LogP contribution in [-0.2, 0) is 9.59 Å². The molecule has 5 nitrogen and oxygen atoms in total. The molecule has 0 heterocycles. The summed E-state index contributed by atoms with van der Waals surface area (Å²) in [5, 5.41) is 8.48. The van der Waals surface area contributed by atoms with Crippen molar-refractivity contribution in [3.8, 4) is 0 Å². The Morgan fingerprint density at radius 3 is 2.39 bits per heavy atom. The first kappa shape index (κ1) is 17.0. The monoisotopic (exact) mass is 288 g/mol. The van der Waals surface area contributed by atoms with Crippen LogP contribution in [0.2, 0.25) is 0 Å². The number of carbonyl (C=O) groups is 2. The average molecular weight is 288 g/mol. The second kappa shape index (κ2) is 7.47. The number of hydrogen-bond acceptors (Lipinski definition) is 4. The molecule has 0 aromatic rings. The number of aliphatic carboxylic acids is 1. The lowest BCUT2D eigenvalue weighted by Crippen LogP contribution is -2.49. The minimum atomic E-state index is -4.65. The molecule has 0 aromatic heterocycles. The largest absolute Gasteiger partial charge is 0.480 e. The summed E-state index contributed by atoms with van der Waals surface area (Å²) < 4.78 is 36.6. The number of nitrogens with two attached hydrogens (primary N) is 1. The molecule has 0 aliphatic carbocycles. The number of carboxylic acids is 1. The van der Waals surface area contributed by atoms with Gasteiger partial charge in [-0.2, -0.15) is 24.9 Å². The standard InChI is InChI=1S/C9H15F3N2O3S/c1-18-3-2-6(13)8(17)14(4-7(15)16)5-9(10,11)12/h6H,2-5,13H2,1H3,(H,15,16)/t6-/m1/s1. The van der Waals surface area contributed by atoms with E-state index in [2.05, 4.69) is 0 Å². The van der Waals surface area contributed by atoms with Crippen molar-refractivity contribution in [1.29, 1.82) is 0 Å². The van der Waals surface area contributed by atoms with Crippen LogP contribution in [-0.4, -0.2) is 59.2 Å². The van der Waals surface area contributed by atoms with Crippen molar-refractivity contribution in [2.75, 3.05) is 25.1 Å². The van der Waals surface area contributed by atoms with E-state index >= 15 is 0 Å². The topological polar surface area (TPSA) is 83.6 Å². The Balaban J connectivity index is 4.63. The first-order chi connectivity index (χ1) is 8.17. The summed E-state index contributed by atoms with van der Waals surface area (Å²) in [5.74, 6) is -1.99. The Morgan fingerprint density at radius 1 is 1.44 bits per heavy atom. The molecule has 3 N–H and O–H groups in total. The van der Waals surface area contributed by atoms with Gasteiger partial charge in [0.25, 0.3) is 0 Å². The molecule has 0 saturated heterocycles. The van der Waals surface area contributed by atoms with Gasteiger partial charge in [0.05, 0.1) is 6.04 Å². The van der Waals surface area contributed by atoms with E-state index in [0.29, 0.717) is 5.75 Å². The quantitative estimate of drug-likeness (QED) is 0.714. The summed E-state index contributed by atoms with van der Waals surface area (Å²) >= 11 is 1.40. The van der Waals surface area contributed by atoms with Gasteiger partial charge in [-0.3, -0.25) is 9.59 Å². The van der Waals surface area contributed by atoms with Crippen LogP contribution >= 0.6 is 11.8 Å². The Hall–Kier alpha value is -0.960. The maximum Gasteiger partial charge on any atom is 0.406 e. The maximum absolute atomic E-state index is 12.2. The number of carbonyl (C=O) groups excluding carboxylic acids is 1. The van der Waals surface area contributed by atoms with E-state index in [4.69, 9.17) is 10.8 Å². The second-order valence-corrected chi connectivity index (χ2v) is 4.58.